The van der Waals surface area contributed by atoms with Crippen molar-refractivity contribution in [2.75, 3.05) is 0 Å². The van der Waals surface area contributed by atoms with E-state index in [-0.39, 0.29) is 6.04 Å². The summed E-state index contributed by atoms with van der Waals surface area (Å²) in [6, 6.07) is 4.86. The minimum atomic E-state index is -1.33. The van der Waals surface area contributed by atoms with Gasteiger partial charge in [0.1, 0.15) is 5.67 Å². The van der Waals surface area contributed by atoms with Gasteiger partial charge >= 0.3 is 0 Å². The van der Waals surface area contributed by atoms with E-state index in [2.05, 4.69) is 0 Å². The Bertz CT molecular complexity index is 383. The summed E-state index contributed by atoms with van der Waals surface area (Å²) in [4.78, 5) is 0. The number of rotatable bonds is 1. The van der Waals surface area contributed by atoms with Crippen LogP contribution in [-0.2, 0) is 5.67 Å². The molecule has 1 aliphatic carbocycles. The highest BCUT2D eigenvalue weighted by Gasteiger charge is 2.39. The van der Waals surface area contributed by atoms with Gasteiger partial charge < -0.3 is 5.73 Å². The van der Waals surface area contributed by atoms with Crippen molar-refractivity contribution in [1.29, 1.82) is 0 Å². The van der Waals surface area contributed by atoms with Crippen molar-refractivity contribution in [2.24, 2.45) is 5.73 Å². The summed E-state index contributed by atoms with van der Waals surface area (Å²) in [6.45, 7) is 0. The standard InChI is InChI=1S/C11H12Cl2FN/c12-9-2-1-7(5-10(9)13)11(14)4-3-8(15)6-11/h1-2,5,8H,3-4,6,15H2. The molecule has 1 aliphatic rings. The number of halogens is 3. The van der Waals surface area contributed by atoms with E-state index in [1.165, 1.54) is 0 Å². The van der Waals surface area contributed by atoms with E-state index in [4.69, 9.17) is 28.9 Å². The lowest BCUT2D eigenvalue weighted by atomic mass is 9.94. The van der Waals surface area contributed by atoms with Gasteiger partial charge in [0.2, 0.25) is 0 Å². The molecule has 4 heteroatoms. The van der Waals surface area contributed by atoms with Crippen molar-refractivity contribution < 1.29 is 4.39 Å². The SMILES string of the molecule is NC1CCC(F)(c2ccc(Cl)c(Cl)c2)C1. The van der Waals surface area contributed by atoms with Crippen LogP contribution in [0.1, 0.15) is 24.8 Å². The zero-order valence-corrected chi connectivity index (χ0v) is 9.65. The first-order chi connectivity index (χ1) is 7.01. The average molecular weight is 248 g/mol. The number of hydrogen-bond donors (Lipinski definition) is 1. The van der Waals surface area contributed by atoms with Gasteiger partial charge in [0.25, 0.3) is 0 Å². The third-order valence-electron chi connectivity index (χ3n) is 2.93. The first kappa shape index (κ1) is 11.2. The minimum Gasteiger partial charge on any atom is -0.328 e. The second-order valence-electron chi connectivity index (χ2n) is 4.10. The largest absolute Gasteiger partial charge is 0.328 e. The summed E-state index contributed by atoms with van der Waals surface area (Å²) in [5.41, 5.74) is 4.98. The molecule has 0 amide bonds. The molecule has 15 heavy (non-hydrogen) atoms. The molecule has 2 N–H and O–H groups in total. The maximum atomic E-state index is 14.4. The maximum absolute atomic E-state index is 14.4. The molecule has 0 radical (unpaired) electrons. The Labute approximate surface area is 98.4 Å². The van der Waals surface area contributed by atoms with Gasteiger partial charge in [-0.1, -0.05) is 29.3 Å². The van der Waals surface area contributed by atoms with Gasteiger partial charge in [-0.25, -0.2) is 4.39 Å². The number of hydrogen-bond acceptors (Lipinski definition) is 1. The monoisotopic (exact) mass is 247 g/mol. The Morgan fingerprint density at radius 1 is 1.33 bits per heavy atom. The molecule has 0 bridgehead atoms. The first-order valence-electron chi connectivity index (χ1n) is 4.91. The van der Waals surface area contributed by atoms with Gasteiger partial charge in [0, 0.05) is 12.5 Å². The van der Waals surface area contributed by atoms with Crippen molar-refractivity contribution in [1.82, 2.24) is 0 Å². The normalized spacial score (nSPS) is 30.8. The van der Waals surface area contributed by atoms with Crippen LogP contribution in [0.25, 0.3) is 0 Å². The van der Waals surface area contributed by atoms with Crippen LogP contribution in [0.15, 0.2) is 18.2 Å². The van der Waals surface area contributed by atoms with Gasteiger partial charge in [-0.2, -0.15) is 0 Å². The van der Waals surface area contributed by atoms with Gasteiger partial charge in [0.05, 0.1) is 10.0 Å². The van der Waals surface area contributed by atoms with Crippen LogP contribution < -0.4 is 5.73 Å². The van der Waals surface area contributed by atoms with Gasteiger partial charge in [-0.15, -0.1) is 0 Å². The van der Waals surface area contributed by atoms with Crippen molar-refractivity contribution in [3.8, 4) is 0 Å². The summed E-state index contributed by atoms with van der Waals surface area (Å²) in [5, 5.41) is 0.845. The highest BCUT2D eigenvalue weighted by atomic mass is 35.5. The van der Waals surface area contributed by atoms with Crippen LogP contribution in [0.3, 0.4) is 0 Å². The Balaban J connectivity index is 2.33. The molecule has 0 aromatic heterocycles. The van der Waals surface area contributed by atoms with Gasteiger partial charge in [0.15, 0.2) is 0 Å². The molecule has 1 saturated carbocycles. The molecule has 1 aromatic carbocycles. The summed E-state index contributed by atoms with van der Waals surface area (Å²) in [5.74, 6) is 0. The molecule has 1 aromatic rings. The molecule has 0 aliphatic heterocycles. The van der Waals surface area contributed by atoms with Crippen LogP contribution in [-0.4, -0.2) is 6.04 Å². The van der Waals surface area contributed by atoms with Gasteiger partial charge in [-0.3, -0.25) is 0 Å². The quantitative estimate of drug-likeness (QED) is 0.806. The molecule has 82 valence electrons. The third-order valence-corrected chi connectivity index (χ3v) is 3.67. The summed E-state index contributed by atoms with van der Waals surface area (Å²) >= 11 is 11.6. The molecular formula is C11H12Cl2FN. The lowest BCUT2D eigenvalue weighted by molar-refractivity contribution is 0.172. The van der Waals surface area contributed by atoms with E-state index < -0.39 is 5.67 Å². The van der Waals surface area contributed by atoms with Crippen molar-refractivity contribution in [2.45, 2.75) is 31.0 Å². The average Bonchev–Trinajstić information content (AvgIpc) is 2.52. The Hall–Kier alpha value is -0.310. The van der Waals surface area contributed by atoms with E-state index in [0.29, 0.717) is 28.5 Å². The third kappa shape index (κ3) is 2.12. The summed E-state index contributed by atoms with van der Waals surface area (Å²) < 4.78 is 14.4. The van der Waals surface area contributed by atoms with Crippen LogP contribution in [0, 0.1) is 0 Å². The first-order valence-corrected chi connectivity index (χ1v) is 5.67. The molecular weight excluding hydrogens is 236 g/mol. The second kappa shape index (κ2) is 3.93. The lowest BCUT2D eigenvalue weighted by Crippen LogP contribution is -2.21. The fraction of sp³-hybridized carbons (Fsp3) is 0.455. The summed E-state index contributed by atoms with van der Waals surface area (Å²) in [6.07, 6.45) is 1.55. The van der Waals surface area contributed by atoms with E-state index in [1.807, 2.05) is 0 Å². The van der Waals surface area contributed by atoms with Crippen LogP contribution in [0.4, 0.5) is 4.39 Å². The van der Waals surface area contributed by atoms with E-state index in [1.54, 1.807) is 18.2 Å². The van der Waals surface area contributed by atoms with E-state index in [9.17, 15) is 4.39 Å². The number of nitrogens with two attached hydrogens (primary N) is 1. The fourth-order valence-electron chi connectivity index (χ4n) is 2.07. The molecule has 0 saturated heterocycles. The highest BCUT2D eigenvalue weighted by Crippen LogP contribution is 2.43. The minimum absolute atomic E-state index is 0.0514. The molecule has 2 unspecified atom stereocenters. The molecule has 1 fully saturated rings. The lowest BCUT2D eigenvalue weighted by Gasteiger charge is -2.20. The predicted octanol–water partition coefficient (Wildman–Crippen LogP) is 3.67. The Morgan fingerprint density at radius 3 is 2.60 bits per heavy atom. The van der Waals surface area contributed by atoms with Crippen LogP contribution in [0.2, 0.25) is 10.0 Å². The molecule has 0 spiro atoms. The highest BCUT2D eigenvalue weighted by molar-refractivity contribution is 6.42. The van der Waals surface area contributed by atoms with E-state index >= 15 is 0 Å². The Morgan fingerprint density at radius 2 is 2.07 bits per heavy atom. The zero-order valence-electron chi connectivity index (χ0n) is 8.14. The molecule has 2 rings (SSSR count). The zero-order chi connectivity index (χ0) is 11.1. The topological polar surface area (TPSA) is 26.0 Å². The van der Waals surface area contributed by atoms with Crippen molar-refractivity contribution in [3.05, 3.63) is 33.8 Å². The van der Waals surface area contributed by atoms with Crippen LogP contribution in [0.5, 0.6) is 0 Å². The fourth-order valence-corrected chi connectivity index (χ4v) is 2.37. The van der Waals surface area contributed by atoms with Crippen molar-refractivity contribution >= 4 is 23.2 Å². The second-order valence-corrected chi connectivity index (χ2v) is 4.91. The smallest absolute Gasteiger partial charge is 0.137 e. The predicted molar refractivity (Wildman–Crippen MR) is 61.1 cm³/mol. The molecule has 0 heterocycles. The number of benzene rings is 1. The number of alkyl halides is 1. The van der Waals surface area contributed by atoms with E-state index in [0.717, 1.165) is 6.42 Å². The van der Waals surface area contributed by atoms with Crippen molar-refractivity contribution in [3.63, 3.8) is 0 Å². The molecule has 2 atom stereocenters. The molecule has 1 nitrogen and oxygen atoms in total. The Kier molecular flexibility index (Phi) is 2.93. The maximum Gasteiger partial charge on any atom is 0.137 e. The van der Waals surface area contributed by atoms with Gasteiger partial charge in [-0.05, 0) is 30.5 Å². The van der Waals surface area contributed by atoms with Crippen LogP contribution >= 0.6 is 23.2 Å². The summed E-state index contributed by atoms with van der Waals surface area (Å²) in [7, 11) is 0.